The number of rotatable bonds is 3. The number of alkyl halides is 3. The third-order valence-electron chi connectivity index (χ3n) is 3.65. The Balaban J connectivity index is 2.28. The Hall–Kier alpha value is -2.62. The molecular weight excluding hydrogens is 343 g/mol. The van der Waals surface area contributed by atoms with Gasteiger partial charge in [0, 0.05) is 12.1 Å². The van der Waals surface area contributed by atoms with Gasteiger partial charge in [-0.15, -0.1) is 0 Å². The summed E-state index contributed by atoms with van der Waals surface area (Å²) in [7, 11) is 1.33. The highest BCUT2D eigenvalue weighted by molar-refractivity contribution is 6.40. The van der Waals surface area contributed by atoms with Gasteiger partial charge < -0.3 is 15.2 Å². The summed E-state index contributed by atoms with van der Waals surface area (Å²) >= 11 is 0. The average Bonchev–Trinajstić information content (AvgIpc) is 2.92. The number of nitrogens with one attached hydrogen (secondary N) is 1. The number of methoxy groups -OCH3 is 1. The van der Waals surface area contributed by atoms with Crippen LogP contribution in [0, 0.1) is 0 Å². The van der Waals surface area contributed by atoms with Gasteiger partial charge in [0.1, 0.15) is 5.75 Å². The van der Waals surface area contributed by atoms with Gasteiger partial charge in [-0.3, -0.25) is 9.59 Å². The number of aliphatic hydroxyl groups is 1. The standard InChI is InChI=1S/C15H16F3N3O4/c1-3-9-8-14(24,15(16,17)18)21(20-9)13(23)12(22)19-10-6-4-5-7-11(10)25-2/h4-7,24H,3,8H2,1-2H3,(H,19,22)/t14-/m0/s1. The molecule has 0 saturated heterocycles. The van der Waals surface area contributed by atoms with Crippen molar-refractivity contribution >= 4 is 23.2 Å². The van der Waals surface area contributed by atoms with E-state index in [0.717, 1.165) is 0 Å². The van der Waals surface area contributed by atoms with Crippen LogP contribution >= 0.6 is 0 Å². The zero-order chi connectivity index (χ0) is 18.8. The highest BCUT2D eigenvalue weighted by Gasteiger charge is 2.63. The minimum atomic E-state index is -5.17. The predicted octanol–water partition coefficient (Wildman–Crippen LogP) is 1.88. The first kappa shape index (κ1) is 18.7. The molecular formula is C15H16F3N3O4. The summed E-state index contributed by atoms with van der Waals surface area (Å²) in [5.74, 6) is -2.80. The Kier molecular flexibility index (Phi) is 5.02. The molecule has 0 unspecified atom stereocenters. The third-order valence-corrected chi connectivity index (χ3v) is 3.65. The molecule has 10 heteroatoms. The van der Waals surface area contributed by atoms with Gasteiger partial charge in [0.2, 0.25) is 0 Å². The molecule has 1 heterocycles. The molecule has 1 aliphatic heterocycles. The van der Waals surface area contributed by atoms with E-state index in [9.17, 15) is 27.9 Å². The fraction of sp³-hybridized carbons (Fsp3) is 0.400. The molecule has 1 aliphatic rings. The van der Waals surface area contributed by atoms with Gasteiger partial charge in [-0.25, -0.2) is 0 Å². The third kappa shape index (κ3) is 3.43. The van der Waals surface area contributed by atoms with Gasteiger partial charge in [0.15, 0.2) is 0 Å². The van der Waals surface area contributed by atoms with E-state index in [0.29, 0.717) is 0 Å². The number of carbonyl (C=O) groups excluding carboxylic acids is 2. The van der Waals surface area contributed by atoms with Crippen LogP contribution in [0.5, 0.6) is 5.75 Å². The van der Waals surface area contributed by atoms with Crippen molar-refractivity contribution in [3.8, 4) is 5.75 Å². The van der Waals surface area contributed by atoms with Crippen LogP contribution in [0.25, 0.3) is 0 Å². The summed E-state index contributed by atoms with van der Waals surface area (Å²) in [6, 6.07) is 6.05. The number of ether oxygens (including phenoxy) is 1. The molecule has 7 nitrogen and oxygen atoms in total. The van der Waals surface area contributed by atoms with Crippen molar-refractivity contribution in [1.29, 1.82) is 0 Å². The Bertz CT molecular complexity index is 720. The summed E-state index contributed by atoms with van der Waals surface area (Å²) in [5.41, 5.74) is -3.50. The van der Waals surface area contributed by atoms with E-state index in [1.807, 2.05) is 0 Å². The zero-order valence-electron chi connectivity index (χ0n) is 13.4. The lowest BCUT2D eigenvalue weighted by Crippen LogP contribution is -2.58. The van der Waals surface area contributed by atoms with Gasteiger partial charge in [-0.2, -0.15) is 23.3 Å². The van der Waals surface area contributed by atoms with Crippen molar-refractivity contribution in [2.45, 2.75) is 31.7 Å². The molecule has 2 amide bonds. The smallest absolute Gasteiger partial charge is 0.438 e. The average molecular weight is 359 g/mol. The molecule has 25 heavy (non-hydrogen) atoms. The van der Waals surface area contributed by atoms with Crippen LogP contribution in [0.15, 0.2) is 29.4 Å². The van der Waals surface area contributed by atoms with Gasteiger partial charge in [0.25, 0.3) is 5.72 Å². The molecule has 1 atom stereocenters. The molecule has 1 aromatic rings. The fourth-order valence-corrected chi connectivity index (χ4v) is 2.27. The molecule has 136 valence electrons. The number of carbonyl (C=O) groups is 2. The van der Waals surface area contributed by atoms with Crippen LogP contribution in [0.4, 0.5) is 18.9 Å². The van der Waals surface area contributed by atoms with Gasteiger partial charge >= 0.3 is 18.0 Å². The van der Waals surface area contributed by atoms with Crippen molar-refractivity contribution in [2.24, 2.45) is 5.10 Å². The van der Waals surface area contributed by atoms with Gasteiger partial charge in [-0.1, -0.05) is 19.1 Å². The molecule has 0 aliphatic carbocycles. The highest BCUT2D eigenvalue weighted by atomic mass is 19.4. The Morgan fingerprint density at radius 2 is 2.04 bits per heavy atom. The molecule has 1 aromatic carbocycles. The summed E-state index contributed by atoms with van der Waals surface area (Å²) in [4.78, 5) is 24.3. The normalized spacial score (nSPS) is 20.2. The molecule has 0 aromatic heterocycles. The second-order valence-corrected chi connectivity index (χ2v) is 5.28. The summed E-state index contributed by atoms with van der Waals surface area (Å²) in [6.07, 6.45) is -5.98. The predicted molar refractivity (Wildman–Crippen MR) is 81.8 cm³/mol. The Morgan fingerprint density at radius 1 is 1.40 bits per heavy atom. The SMILES string of the molecule is CCC1=NN(C(=O)C(=O)Nc2ccccc2OC)[C@@](O)(C(F)(F)F)C1. The molecule has 0 fully saturated rings. The molecule has 0 bridgehead atoms. The number of hydrazone groups is 1. The summed E-state index contributed by atoms with van der Waals surface area (Å²) < 4.78 is 44.6. The van der Waals surface area contributed by atoms with E-state index in [-0.39, 0.29) is 28.6 Å². The number of nitrogens with zero attached hydrogens (tertiary/aromatic N) is 2. The minimum absolute atomic E-state index is 0.0433. The van der Waals surface area contributed by atoms with Crippen LogP contribution in [-0.2, 0) is 9.59 Å². The molecule has 0 radical (unpaired) electrons. The van der Waals surface area contributed by atoms with Crippen LogP contribution < -0.4 is 10.1 Å². The van der Waals surface area contributed by atoms with Crippen molar-refractivity contribution in [3.05, 3.63) is 24.3 Å². The van der Waals surface area contributed by atoms with Crippen LogP contribution in [0.1, 0.15) is 19.8 Å². The van der Waals surface area contributed by atoms with Gasteiger partial charge in [0.05, 0.1) is 12.8 Å². The second-order valence-electron chi connectivity index (χ2n) is 5.28. The van der Waals surface area contributed by atoms with E-state index in [1.165, 1.54) is 32.2 Å². The summed E-state index contributed by atoms with van der Waals surface area (Å²) in [5, 5.41) is 15.4. The van der Waals surface area contributed by atoms with E-state index < -0.39 is 30.1 Å². The van der Waals surface area contributed by atoms with E-state index in [2.05, 4.69) is 10.4 Å². The number of para-hydroxylation sites is 2. The lowest BCUT2D eigenvalue weighted by atomic mass is 10.1. The first-order valence-corrected chi connectivity index (χ1v) is 7.28. The van der Waals surface area contributed by atoms with Crippen molar-refractivity contribution in [1.82, 2.24) is 5.01 Å². The topological polar surface area (TPSA) is 91.2 Å². The number of hydrogen-bond acceptors (Lipinski definition) is 5. The van der Waals surface area contributed by atoms with Gasteiger partial charge in [-0.05, 0) is 18.6 Å². The maximum absolute atomic E-state index is 13.2. The first-order valence-electron chi connectivity index (χ1n) is 7.28. The largest absolute Gasteiger partial charge is 0.495 e. The number of halogens is 3. The van der Waals surface area contributed by atoms with Crippen molar-refractivity contribution in [2.75, 3.05) is 12.4 Å². The minimum Gasteiger partial charge on any atom is -0.495 e. The van der Waals surface area contributed by atoms with Crippen molar-refractivity contribution in [3.63, 3.8) is 0 Å². The number of amides is 2. The zero-order valence-corrected chi connectivity index (χ0v) is 13.4. The van der Waals surface area contributed by atoms with Crippen molar-refractivity contribution < 1.29 is 32.6 Å². The van der Waals surface area contributed by atoms with E-state index in [4.69, 9.17) is 4.74 Å². The number of anilines is 1. The molecule has 2 N–H and O–H groups in total. The monoisotopic (exact) mass is 359 g/mol. The van der Waals surface area contributed by atoms with E-state index >= 15 is 0 Å². The number of hydrogen-bond donors (Lipinski definition) is 2. The molecule has 2 rings (SSSR count). The molecule has 0 saturated carbocycles. The Morgan fingerprint density at radius 3 is 2.60 bits per heavy atom. The summed E-state index contributed by atoms with van der Waals surface area (Å²) in [6.45, 7) is 1.53. The highest BCUT2D eigenvalue weighted by Crippen LogP contribution is 2.40. The fourth-order valence-electron chi connectivity index (χ4n) is 2.27. The van der Waals surface area contributed by atoms with Crippen LogP contribution in [0.3, 0.4) is 0 Å². The quantitative estimate of drug-likeness (QED) is 0.807. The van der Waals surface area contributed by atoms with Crippen LogP contribution in [-0.4, -0.2) is 46.7 Å². The maximum Gasteiger partial charge on any atom is 0.438 e. The van der Waals surface area contributed by atoms with E-state index in [1.54, 1.807) is 6.07 Å². The first-order chi connectivity index (χ1) is 11.6. The molecule has 0 spiro atoms. The second kappa shape index (κ2) is 6.71. The lowest BCUT2D eigenvalue weighted by molar-refractivity contribution is -0.301. The maximum atomic E-state index is 13.2. The number of benzene rings is 1. The Labute approximate surface area is 141 Å². The lowest BCUT2D eigenvalue weighted by Gasteiger charge is -2.32. The van der Waals surface area contributed by atoms with Crippen LogP contribution in [0.2, 0.25) is 0 Å².